The molecule has 74 valence electrons. The Morgan fingerprint density at radius 1 is 1.13 bits per heavy atom. The molecular weight excluding hydrogens is 225 g/mol. The van der Waals surface area contributed by atoms with Crippen LogP contribution in [0.5, 0.6) is 0 Å². The van der Waals surface area contributed by atoms with Crippen molar-refractivity contribution in [1.82, 2.24) is 4.98 Å². The van der Waals surface area contributed by atoms with Crippen molar-refractivity contribution < 1.29 is 44.0 Å². The molecule has 1 heterocycles. The van der Waals surface area contributed by atoms with Gasteiger partial charge in [0.15, 0.2) is 5.03 Å². The minimum Gasteiger partial charge on any atom is -1.00 e. The van der Waals surface area contributed by atoms with E-state index < -0.39 is 10.1 Å². The second-order valence-electron chi connectivity index (χ2n) is 2.82. The summed E-state index contributed by atoms with van der Waals surface area (Å²) >= 11 is 0. The van der Waals surface area contributed by atoms with Gasteiger partial charge in [0.05, 0.1) is 5.52 Å². The Labute approximate surface area is 111 Å². The van der Waals surface area contributed by atoms with Crippen LogP contribution in [0.1, 0.15) is 1.43 Å². The van der Waals surface area contributed by atoms with E-state index in [0.717, 1.165) is 5.39 Å². The normalized spacial score (nSPS) is 11.0. The van der Waals surface area contributed by atoms with Gasteiger partial charge < -0.3 is 1.43 Å². The summed E-state index contributed by atoms with van der Waals surface area (Å²) in [7, 11) is -4.21. The fraction of sp³-hybridized carbons (Fsp3) is 0. The van der Waals surface area contributed by atoms with Crippen molar-refractivity contribution in [3.05, 3.63) is 36.4 Å². The van der Waals surface area contributed by atoms with E-state index in [2.05, 4.69) is 4.98 Å². The SMILES string of the molecule is O=S(=O)(O)c1ccc2ccccc2n1.[H-].[Na+]. The molecule has 0 spiro atoms. The van der Waals surface area contributed by atoms with Gasteiger partial charge in [-0.2, -0.15) is 8.42 Å². The van der Waals surface area contributed by atoms with Crippen LogP contribution in [0.15, 0.2) is 41.4 Å². The number of benzene rings is 1. The van der Waals surface area contributed by atoms with Crippen LogP contribution in [0.4, 0.5) is 0 Å². The van der Waals surface area contributed by atoms with E-state index in [-0.39, 0.29) is 36.0 Å². The summed E-state index contributed by atoms with van der Waals surface area (Å²) in [5.74, 6) is 0. The maximum absolute atomic E-state index is 10.8. The Kier molecular flexibility index (Phi) is 3.86. The second-order valence-corrected chi connectivity index (χ2v) is 4.19. The zero-order chi connectivity index (χ0) is 10.2. The van der Waals surface area contributed by atoms with E-state index in [4.69, 9.17) is 4.55 Å². The van der Waals surface area contributed by atoms with E-state index in [1.54, 1.807) is 18.2 Å². The number of nitrogens with zero attached hydrogens (tertiary/aromatic N) is 1. The third-order valence-electron chi connectivity index (χ3n) is 1.84. The predicted octanol–water partition coefficient (Wildman–Crippen LogP) is -1.40. The number of hydrogen-bond acceptors (Lipinski definition) is 3. The molecular formula is C9H8NNaO3S. The molecule has 4 nitrogen and oxygen atoms in total. The maximum Gasteiger partial charge on any atom is 1.00 e. The summed E-state index contributed by atoms with van der Waals surface area (Å²) in [5, 5.41) is 0.510. The smallest absolute Gasteiger partial charge is 1.00 e. The number of rotatable bonds is 1. The number of aromatic nitrogens is 1. The molecule has 2 aromatic rings. The van der Waals surface area contributed by atoms with Crippen LogP contribution in [0.2, 0.25) is 0 Å². The van der Waals surface area contributed by atoms with E-state index in [9.17, 15) is 8.42 Å². The fourth-order valence-corrected chi connectivity index (χ4v) is 1.64. The molecule has 0 aliphatic heterocycles. The standard InChI is InChI=1S/C9H7NO3S.Na.H/c11-14(12,13)9-6-5-7-3-1-2-4-8(7)10-9;;/h1-6H,(H,11,12,13);;/q;+1;-1. The minimum atomic E-state index is -4.21. The van der Waals surface area contributed by atoms with Crippen LogP contribution in [-0.4, -0.2) is 18.0 Å². The van der Waals surface area contributed by atoms with Crippen LogP contribution < -0.4 is 29.6 Å². The van der Waals surface area contributed by atoms with Crippen LogP contribution in [-0.2, 0) is 10.1 Å². The first kappa shape index (κ1) is 12.6. The first-order valence-electron chi connectivity index (χ1n) is 3.91. The van der Waals surface area contributed by atoms with Gasteiger partial charge in [-0.05, 0) is 18.2 Å². The maximum atomic E-state index is 10.8. The molecule has 0 saturated heterocycles. The Morgan fingerprint density at radius 3 is 2.47 bits per heavy atom. The van der Waals surface area contributed by atoms with Gasteiger partial charge in [-0.25, -0.2) is 4.98 Å². The molecule has 1 N–H and O–H groups in total. The largest absolute Gasteiger partial charge is 1.00 e. The predicted molar refractivity (Wildman–Crippen MR) is 52.7 cm³/mol. The van der Waals surface area contributed by atoms with Crippen LogP contribution in [0, 0.1) is 0 Å². The third-order valence-corrected chi connectivity index (χ3v) is 2.59. The minimum absolute atomic E-state index is 0. The Hall–Kier alpha value is -0.460. The summed E-state index contributed by atoms with van der Waals surface area (Å²) < 4.78 is 30.3. The quantitative estimate of drug-likeness (QED) is 0.486. The number of fused-ring (bicyclic) bond motifs is 1. The molecule has 0 amide bonds. The molecule has 0 aliphatic carbocycles. The Morgan fingerprint density at radius 2 is 1.80 bits per heavy atom. The molecule has 2 rings (SSSR count). The zero-order valence-corrected chi connectivity index (χ0v) is 10.9. The van der Waals surface area contributed by atoms with Crippen molar-refractivity contribution >= 4 is 21.0 Å². The Balaban J connectivity index is 0.00000112. The van der Waals surface area contributed by atoms with Crippen molar-refractivity contribution in [3.63, 3.8) is 0 Å². The van der Waals surface area contributed by atoms with Gasteiger partial charge in [0, 0.05) is 5.39 Å². The van der Waals surface area contributed by atoms with E-state index in [0.29, 0.717) is 5.52 Å². The molecule has 6 heteroatoms. The van der Waals surface area contributed by atoms with Crippen molar-refractivity contribution in [2.75, 3.05) is 0 Å². The fourth-order valence-electron chi connectivity index (χ4n) is 1.19. The topological polar surface area (TPSA) is 67.3 Å². The van der Waals surface area contributed by atoms with Gasteiger partial charge >= 0.3 is 39.7 Å². The first-order chi connectivity index (χ1) is 6.57. The molecule has 0 saturated carbocycles. The summed E-state index contributed by atoms with van der Waals surface area (Å²) in [6, 6.07) is 9.96. The zero-order valence-electron chi connectivity index (χ0n) is 9.08. The summed E-state index contributed by atoms with van der Waals surface area (Å²) in [4.78, 5) is 3.81. The van der Waals surface area contributed by atoms with E-state index in [1.807, 2.05) is 12.1 Å². The van der Waals surface area contributed by atoms with Gasteiger partial charge in [0.2, 0.25) is 0 Å². The average molecular weight is 233 g/mol. The molecule has 0 unspecified atom stereocenters. The molecule has 0 fully saturated rings. The molecule has 0 aliphatic rings. The van der Waals surface area contributed by atoms with Crippen LogP contribution in [0.25, 0.3) is 10.9 Å². The molecule has 0 radical (unpaired) electrons. The van der Waals surface area contributed by atoms with Gasteiger partial charge in [-0.1, -0.05) is 18.2 Å². The molecule has 0 bridgehead atoms. The number of pyridine rings is 1. The summed E-state index contributed by atoms with van der Waals surface area (Å²) in [6.07, 6.45) is 0. The third kappa shape index (κ3) is 2.76. The van der Waals surface area contributed by atoms with Crippen LogP contribution in [0.3, 0.4) is 0 Å². The molecule has 1 aromatic heterocycles. The number of para-hydroxylation sites is 1. The summed E-state index contributed by atoms with van der Waals surface area (Å²) in [5.41, 5.74) is 0.544. The van der Waals surface area contributed by atoms with Crippen molar-refractivity contribution in [1.29, 1.82) is 0 Å². The Bertz CT molecular complexity index is 588. The van der Waals surface area contributed by atoms with Crippen molar-refractivity contribution in [3.8, 4) is 0 Å². The van der Waals surface area contributed by atoms with Crippen molar-refractivity contribution in [2.45, 2.75) is 5.03 Å². The first-order valence-corrected chi connectivity index (χ1v) is 5.35. The van der Waals surface area contributed by atoms with Gasteiger partial charge in [-0.15, -0.1) is 0 Å². The van der Waals surface area contributed by atoms with E-state index in [1.165, 1.54) is 6.07 Å². The molecule has 0 atom stereocenters. The van der Waals surface area contributed by atoms with Crippen LogP contribution >= 0.6 is 0 Å². The van der Waals surface area contributed by atoms with Gasteiger partial charge in [0.25, 0.3) is 0 Å². The van der Waals surface area contributed by atoms with E-state index >= 15 is 0 Å². The average Bonchev–Trinajstić information content (AvgIpc) is 2.16. The van der Waals surface area contributed by atoms with Gasteiger partial charge in [0.1, 0.15) is 0 Å². The number of hydrogen-bond donors (Lipinski definition) is 1. The molecule has 15 heavy (non-hydrogen) atoms. The van der Waals surface area contributed by atoms with Gasteiger partial charge in [-0.3, -0.25) is 4.55 Å². The van der Waals surface area contributed by atoms with Crippen molar-refractivity contribution in [2.24, 2.45) is 0 Å². The molecule has 1 aromatic carbocycles. The second kappa shape index (κ2) is 4.59. The summed E-state index contributed by atoms with van der Waals surface area (Å²) in [6.45, 7) is 0. The monoisotopic (exact) mass is 233 g/mol.